The van der Waals surface area contributed by atoms with Crippen LogP contribution in [0.3, 0.4) is 0 Å². The van der Waals surface area contributed by atoms with Gasteiger partial charge in [0.2, 0.25) is 0 Å². The number of allylic oxidation sites excluding steroid dienone is 2. The summed E-state index contributed by atoms with van der Waals surface area (Å²) in [6, 6.07) is 0. The largest absolute Gasteiger partial charge is 0.507 e. The number of cyclic esters (lactones) is 1. The minimum Gasteiger partial charge on any atom is -0.507 e. The summed E-state index contributed by atoms with van der Waals surface area (Å²) in [4.78, 5) is 29.9. The van der Waals surface area contributed by atoms with Gasteiger partial charge in [-0.25, -0.2) is 4.79 Å². The molecule has 3 N–H and O–H groups in total. The van der Waals surface area contributed by atoms with Gasteiger partial charge in [-0.2, -0.15) is 0 Å². The Morgan fingerprint density at radius 2 is 2.05 bits per heavy atom. The second-order valence-corrected chi connectivity index (χ2v) is 6.56. The third-order valence-electron chi connectivity index (χ3n) is 4.04. The van der Waals surface area contributed by atoms with Crippen molar-refractivity contribution in [3.63, 3.8) is 0 Å². The highest BCUT2D eigenvalue weighted by atomic mass is 31.2. The van der Waals surface area contributed by atoms with E-state index >= 15 is 0 Å². The quantitative estimate of drug-likeness (QED) is 0.440. The van der Waals surface area contributed by atoms with E-state index in [-0.39, 0.29) is 24.1 Å². The Hall–Kier alpha value is -1.42. The smallest absolute Gasteiger partial charge is 0.342 e. The van der Waals surface area contributed by atoms with Crippen LogP contribution in [0.25, 0.3) is 0 Å². The lowest BCUT2D eigenvalue weighted by Gasteiger charge is -2.16. The predicted octanol–water partition coefficient (Wildman–Crippen LogP) is 2.72. The van der Waals surface area contributed by atoms with Gasteiger partial charge >= 0.3 is 5.97 Å². The summed E-state index contributed by atoms with van der Waals surface area (Å²) in [7, 11) is -1.96. The van der Waals surface area contributed by atoms with E-state index < -0.39 is 14.3 Å². The molecule has 0 radical (unpaired) electrons. The van der Waals surface area contributed by atoms with E-state index in [0.29, 0.717) is 6.42 Å². The molecule has 22 heavy (non-hydrogen) atoms. The van der Waals surface area contributed by atoms with Crippen LogP contribution >= 0.6 is 8.38 Å². The zero-order valence-corrected chi connectivity index (χ0v) is 13.9. The van der Waals surface area contributed by atoms with Gasteiger partial charge < -0.3 is 19.6 Å². The third kappa shape index (κ3) is 3.17. The molecule has 1 heterocycles. The molecule has 0 unspecified atom stereocenters. The topological polar surface area (TPSA) is 87.0 Å². The monoisotopic (exact) mass is 324 g/mol. The van der Waals surface area contributed by atoms with Crippen LogP contribution in [0.4, 0.5) is 0 Å². The Morgan fingerprint density at radius 3 is 2.64 bits per heavy atom. The first-order valence-corrected chi connectivity index (χ1v) is 8.64. The molecule has 0 spiro atoms. The summed E-state index contributed by atoms with van der Waals surface area (Å²) in [6.07, 6.45) is 3.28. The molecule has 1 aliphatic heterocycles. The van der Waals surface area contributed by atoms with E-state index in [1.165, 1.54) is 0 Å². The average Bonchev–Trinajstić information content (AvgIpc) is 2.82. The number of aromatic hydroxyl groups is 1. The van der Waals surface area contributed by atoms with Crippen LogP contribution in [-0.2, 0) is 24.2 Å². The van der Waals surface area contributed by atoms with Crippen molar-refractivity contribution in [1.82, 2.24) is 0 Å². The van der Waals surface area contributed by atoms with Gasteiger partial charge in [-0.1, -0.05) is 18.6 Å². The fraction of sp³-hybridized carbons (Fsp3) is 0.438. The molecular weight excluding hydrogens is 303 g/mol. The van der Waals surface area contributed by atoms with Gasteiger partial charge in [-0.05, 0) is 37.8 Å². The maximum absolute atomic E-state index is 11.8. The van der Waals surface area contributed by atoms with Crippen LogP contribution in [0, 0.1) is 6.92 Å². The standard InChI is InChI=1S/C16H21O5P/c1-4-11-10(3)13-7-21-16(18)14(13)15(17)12(11)6-5-9(2)8-22(19)20/h5,17,19-20H,4,6-8H2,1-3H3/b9-5+. The molecule has 0 fully saturated rings. The van der Waals surface area contributed by atoms with Crippen molar-refractivity contribution < 1.29 is 24.4 Å². The van der Waals surface area contributed by atoms with Gasteiger partial charge in [0.05, 0.1) is 0 Å². The van der Waals surface area contributed by atoms with Gasteiger partial charge in [0, 0.05) is 17.3 Å². The number of phenols is 1. The maximum Gasteiger partial charge on any atom is 0.342 e. The number of ether oxygens (including phenoxy) is 1. The number of rotatable bonds is 5. The molecule has 0 saturated heterocycles. The Balaban J connectivity index is 2.45. The van der Waals surface area contributed by atoms with Crippen molar-refractivity contribution >= 4 is 14.3 Å². The lowest BCUT2D eigenvalue weighted by molar-refractivity contribution is 0.0533. The Morgan fingerprint density at radius 1 is 1.36 bits per heavy atom. The highest BCUT2D eigenvalue weighted by molar-refractivity contribution is 7.45. The second-order valence-electron chi connectivity index (χ2n) is 5.50. The zero-order chi connectivity index (χ0) is 16.4. The number of carbonyl (C=O) groups excluding carboxylic acids is 1. The molecule has 1 aliphatic rings. The van der Waals surface area contributed by atoms with Crippen LogP contribution in [-0.4, -0.2) is 27.0 Å². The lowest BCUT2D eigenvalue weighted by Crippen LogP contribution is -2.04. The molecule has 120 valence electrons. The van der Waals surface area contributed by atoms with Crippen molar-refractivity contribution in [2.75, 3.05) is 6.16 Å². The van der Waals surface area contributed by atoms with Crippen LogP contribution in [0.2, 0.25) is 0 Å². The first-order chi connectivity index (χ1) is 10.4. The highest BCUT2D eigenvalue weighted by Gasteiger charge is 2.30. The van der Waals surface area contributed by atoms with Crippen molar-refractivity contribution in [2.24, 2.45) is 0 Å². The van der Waals surface area contributed by atoms with Gasteiger partial charge in [0.25, 0.3) is 0 Å². The third-order valence-corrected chi connectivity index (χ3v) is 4.83. The van der Waals surface area contributed by atoms with Gasteiger partial charge in [-0.3, -0.25) is 0 Å². The highest BCUT2D eigenvalue weighted by Crippen LogP contribution is 2.38. The van der Waals surface area contributed by atoms with Gasteiger partial charge in [-0.15, -0.1) is 0 Å². The van der Waals surface area contributed by atoms with E-state index in [9.17, 15) is 9.90 Å². The zero-order valence-electron chi connectivity index (χ0n) is 13.0. The molecule has 0 amide bonds. The van der Waals surface area contributed by atoms with Crippen molar-refractivity contribution in [3.8, 4) is 5.75 Å². The molecule has 6 heteroatoms. The summed E-state index contributed by atoms with van der Waals surface area (Å²) in [5, 5.41) is 10.5. The van der Waals surface area contributed by atoms with E-state index in [2.05, 4.69) is 0 Å². The lowest BCUT2D eigenvalue weighted by atomic mass is 9.89. The molecular formula is C16H21O5P. The second kappa shape index (κ2) is 6.78. The molecule has 1 aromatic rings. The Labute approximate surface area is 131 Å². The summed E-state index contributed by atoms with van der Waals surface area (Å²) in [6.45, 7) is 5.99. The van der Waals surface area contributed by atoms with E-state index in [1.807, 2.05) is 26.8 Å². The number of hydrogen-bond acceptors (Lipinski definition) is 5. The molecule has 0 aliphatic carbocycles. The van der Waals surface area contributed by atoms with E-state index in [0.717, 1.165) is 34.2 Å². The molecule has 0 atom stereocenters. The molecule has 0 aromatic heterocycles. The summed E-state index contributed by atoms with van der Waals surface area (Å²) in [5.74, 6) is -0.478. The van der Waals surface area contributed by atoms with E-state index in [4.69, 9.17) is 14.5 Å². The number of esters is 1. The van der Waals surface area contributed by atoms with Crippen LogP contribution in [0.1, 0.15) is 46.5 Å². The number of hydrogen-bond donors (Lipinski definition) is 3. The van der Waals surface area contributed by atoms with Crippen LogP contribution in [0.15, 0.2) is 11.6 Å². The first-order valence-electron chi connectivity index (χ1n) is 7.21. The Bertz CT molecular complexity index is 634. The summed E-state index contributed by atoms with van der Waals surface area (Å²) in [5.41, 5.74) is 4.64. The predicted molar refractivity (Wildman–Crippen MR) is 85.0 cm³/mol. The minimum atomic E-state index is -1.96. The normalized spacial score (nSPS) is 14.5. The molecule has 0 saturated carbocycles. The van der Waals surface area contributed by atoms with Crippen LogP contribution in [0.5, 0.6) is 5.75 Å². The van der Waals surface area contributed by atoms with Crippen molar-refractivity contribution in [2.45, 2.75) is 40.2 Å². The average molecular weight is 324 g/mol. The SMILES string of the molecule is CCc1c(C)c2c(c(O)c1C/C=C(\C)CP(O)O)C(=O)OC2. The number of fused-ring (bicyclic) bond motifs is 1. The van der Waals surface area contributed by atoms with Crippen molar-refractivity contribution in [1.29, 1.82) is 0 Å². The minimum absolute atomic E-state index is 0.000684. The first kappa shape index (κ1) is 16.9. The van der Waals surface area contributed by atoms with Gasteiger partial charge in [0.15, 0.2) is 8.38 Å². The van der Waals surface area contributed by atoms with E-state index in [1.54, 1.807) is 0 Å². The fourth-order valence-electron chi connectivity index (χ4n) is 2.91. The Kier molecular flexibility index (Phi) is 5.22. The molecule has 2 rings (SSSR count). The number of phenolic OH excluding ortho intramolecular Hbond substituents is 1. The maximum atomic E-state index is 11.8. The molecule has 5 nitrogen and oxygen atoms in total. The van der Waals surface area contributed by atoms with Gasteiger partial charge in [0.1, 0.15) is 17.9 Å². The van der Waals surface area contributed by atoms with Crippen LogP contribution < -0.4 is 0 Å². The summed E-state index contributed by atoms with van der Waals surface area (Å²) >= 11 is 0. The molecule has 1 aromatic carbocycles. The number of carbonyl (C=O) groups is 1. The van der Waals surface area contributed by atoms with Crippen molar-refractivity contribution in [3.05, 3.63) is 39.5 Å². The summed E-state index contributed by atoms with van der Waals surface area (Å²) < 4.78 is 5.04. The molecule has 0 bridgehead atoms. The number of benzene rings is 1. The fourth-order valence-corrected chi connectivity index (χ4v) is 3.48.